The van der Waals surface area contributed by atoms with Gasteiger partial charge in [0.25, 0.3) is 5.91 Å². The molecule has 2 aromatic carbocycles. The molecule has 2 aliphatic heterocycles. The minimum absolute atomic E-state index is 0.0585. The Kier molecular flexibility index (Phi) is 5.57. The molecule has 0 N–H and O–H groups in total. The first-order valence-corrected chi connectivity index (χ1v) is 10.5. The normalized spacial score (nSPS) is 19.7. The molecule has 2 amide bonds. The molecular formula is C24H28N4O2. The van der Waals surface area contributed by atoms with Gasteiger partial charge in [-0.2, -0.15) is 5.10 Å². The molecule has 0 bridgehead atoms. The number of anilines is 2. The number of aryl methyl sites for hydroxylation is 2. The Morgan fingerprint density at radius 1 is 1.03 bits per heavy atom. The number of rotatable bonds is 3. The molecule has 30 heavy (non-hydrogen) atoms. The summed E-state index contributed by atoms with van der Waals surface area (Å²) >= 11 is 0. The van der Waals surface area contributed by atoms with E-state index in [4.69, 9.17) is 0 Å². The number of hydrogen-bond acceptors (Lipinski definition) is 4. The fourth-order valence-corrected chi connectivity index (χ4v) is 4.21. The molecule has 0 radical (unpaired) electrons. The molecule has 2 aromatic rings. The Morgan fingerprint density at radius 3 is 2.57 bits per heavy atom. The zero-order valence-corrected chi connectivity index (χ0v) is 17.8. The standard InChI is InChI=1S/C24H28N4O2/c1-17-7-6-9-20(15-17)27-14-13-26(16-19(27)3)24(30)21-11-12-23(29)28(25-21)22-10-5-4-8-18(22)2/h4-10,15,19H,11-14,16H2,1-3H3. The van der Waals surface area contributed by atoms with Crippen LogP contribution in [0.5, 0.6) is 0 Å². The van der Waals surface area contributed by atoms with Gasteiger partial charge in [-0.25, -0.2) is 5.01 Å². The maximum absolute atomic E-state index is 13.2. The highest BCUT2D eigenvalue weighted by atomic mass is 16.2. The van der Waals surface area contributed by atoms with Crippen molar-refractivity contribution >= 4 is 28.9 Å². The van der Waals surface area contributed by atoms with E-state index in [1.807, 2.05) is 36.1 Å². The third-order valence-electron chi connectivity index (χ3n) is 5.87. The topological polar surface area (TPSA) is 56.2 Å². The lowest BCUT2D eigenvalue weighted by atomic mass is 10.1. The maximum atomic E-state index is 13.2. The van der Waals surface area contributed by atoms with Crippen LogP contribution < -0.4 is 9.91 Å². The van der Waals surface area contributed by atoms with E-state index >= 15 is 0 Å². The molecular weight excluding hydrogens is 376 g/mol. The lowest BCUT2D eigenvalue weighted by Gasteiger charge is -2.41. The Labute approximate surface area is 177 Å². The molecule has 2 aliphatic rings. The van der Waals surface area contributed by atoms with Gasteiger partial charge in [0, 0.05) is 44.2 Å². The molecule has 1 saturated heterocycles. The van der Waals surface area contributed by atoms with Gasteiger partial charge in [-0.05, 0) is 50.1 Å². The zero-order chi connectivity index (χ0) is 21.3. The molecule has 1 unspecified atom stereocenters. The Morgan fingerprint density at radius 2 is 1.83 bits per heavy atom. The average Bonchev–Trinajstić information content (AvgIpc) is 2.74. The lowest BCUT2D eigenvalue weighted by Crippen LogP contribution is -2.55. The van der Waals surface area contributed by atoms with E-state index in [0.717, 1.165) is 17.8 Å². The zero-order valence-electron chi connectivity index (χ0n) is 17.8. The molecule has 0 saturated carbocycles. The predicted octanol–water partition coefficient (Wildman–Crippen LogP) is 3.52. The number of carbonyl (C=O) groups excluding carboxylic acids is 2. The first-order valence-electron chi connectivity index (χ1n) is 10.5. The van der Waals surface area contributed by atoms with Gasteiger partial charge in [-0.15, -0.1) is 0 Å². The van der Waals surface area contributed by atoms with Crippen LogP contribution in [0, 0.1) is 13.8 Å². The third kappa shape index (κ3) is 3.95. The van der Waals surface area contributed by atoms with E-state index in [-0.39, 0.29) is 17.9 Å². The molecule has 0 aromatic heterocycles. The summed E-state index contributed by atoms with van der Waals surface area (Å²) in [6.45, 7) is 8.26. The van der Waals surface area contributed by atoms with E-state index in [1.165, 1.54) is 16.3 Å². The second-order valence-corrected chi connectivity index (χ2v) is 8.17. The van der Waals surface area contributed by atoms with E-state index in [2.05, 4.69) is 48.1 Å². The molecule has 1 atom stereocenters. The molecule has 4 rings (SSSR count). The van der Waals surface area contributed by atoms with Crippen molar-refractivity contribution in [2.75, 3.05) is 29.5 Å². The summed E-state index contributed by atoms with van der Waals surface area (Å²) in [5, 5.41) is 5.88. The highest BCUT2D eigenvalue weighted by Crippen LogP contribution is 2.25. The van der Waals surface area contributed by atoms with E-state index in [9.17, 15) is 9.59 Å². The molecule has 0 aliphatic carbocycles. The number of benzene rings is 2. The van der Waals surface area contributed by atoms with Gasteiger partial charge in [-0.3, -0.25) is 9.59 Å². The molecule has 156 valence electrons. The molecule has 6 nitrogen and oxygen atoms in total. The number of piperazine rings is 1. The minimum Gasteiger partial charge on any atom is -0.365 e. The largest absolute Gasteiger partial charge is 0.365 e. The fraction of sp³-hybridized carbons (Fsp3) is 0.375. The second kappa shape index (κ2) is 8.30. The van der Waals surface area contributed by atoms with Crippen molar-refractivity contribution in [2.24, 2.45) is 5.10 Å². The minimum atomic E-state index is -0.0708. The average molecular weight is 405 g/mol. The molecule has 6 heteroatoms. The van der Waals surface area contributed by atoms with Crippen LogP contribution in [0.4, 0.5) is 11.4 Å². The van der Waals surface area contributed by atoms with Gasteiger partial charge in [0.05, 0.1) is 5.69 Å². The third-order valence-corrected chi connectivity index (χ3v) is 5.87. The Balaban J connectivity index is 1.50. The monoisotopic (exact) mass is 404 g/mol. The summed E-state index contributed by atoms with van der Waals surface area (Å²) in [6.07, 6.45) is 0.699. The number of carbonyl (C=O) groups is 2. The number of hydrogen-bond donors (Lipinski definition) is 0. The predicted molar refractivity (Wildman–Crippen MR) is 120 cm³/mol. The van der Waals surface area contributed by atoms with Gasteiger partial charge < -0.3 is 9.80 Å². The SMILES string of the molecule is Cc1cccc(N2CCN(C(=O)C3=NN(c4ccccc4C)C(=O)CC3)CC2C)c1. The number of hydrazone groups is 1. The van der Waals surface area contributed by atoms with Gasteiger partial charge >= 0.3 is 0 Å². The summed E-state index contributed by atoms with van der Waals surface area (Å²) in [5.74, 6) is -0.129. The lowest BCUT2D eigenvalue weighted by molar-refractivity contribution is -0.125. The van der Waals surface area contributed by atoms with Crippen LogP contribution in [0.2, 0.25) is 0 Å². The van der Waals surface area contributed by atoms with Crippen LogP contribution in [-0.4, -0.2) is 48.1 Å². The molecule has 1 fully saturated rings. The van der Waals surface area contributed by atoms with Gasteiger partial charge in [-0.1, -0.05) is 30.3 Å². The molecule has 2 heterocycles. The highest BCUT2D eigenvalue weighted by Gasteiger charge is 2.32. The van der Waals surface area contributed by atoms with Crippen LogP contribution in [0.1, 0.15) is 30.9 Å². The maximum Gasteiger partial charge on any atom is 0.270 e. The number of amides is 2. The van der Waals surface area contributed by atoms with Crippen molar-refractivity contribution in [2.45, 2.75) is 39.7 Å². The van der Waals surface area contributed by atoms with Crippen LogP contribution in [0.25, 0.3) is 0 Å². The summed E-state index contributed by atoms with van der Waals surface area (Å²) in [4.78, 5) is 29.9. The first kappa shape index (κ1) is 20.1. The van der Waals surface area contributed by atoms with Crippen LogP contribution in [-0.2, 0) is 9.59 Å². The Bertz CT molecular complexity index is 1000. The van der Waals surface area contributed by atoms with Crippen molar-refractivity contribution in [3.05, 3.63) is 59.7 Å². The van der Waals surface area contributed by atoms with Crippen molar-refractivity contribution in [1.82, 2.24) is 4.90 Å². The van der Waals surface area contributed by atoms with E-state index in [1.54, 1.807) is 0 Å². The van der Waals surface area contributed by atoms with Crippen LogP contribution in [0.3, 0.4) is 0 Å². The van der Waals surface area contributed by atoms with Gasteiger partial charge in [0.15, 0.2) is 0 Å². The van der Waals surface area contributed by atoms with Crippen LogP contribution >= 0.6 is 0 Å². The van der Waals surface area contributed by atoms with Gasteiger partial charge in [0.1, 0.15) is 5.71 Å². The number of nitrogens with zero attached hydrogens (tertiary/aromatic N) is 4. The van der Waals surface area contributed by atoms with Crippen LogP contribution in [0.15, 0.2) is 53.6 Å². The summed E-state index contributed by atoms with van der Waals surface area (Å²) < 4.78 is 0. The van der Waals surface area contributed by atoms with E-state index in [0.29, 0.717) is 31.6 Å². The van der Waals surface area contributed by atoms with Crippen molar-refractivity contribution in [3.8, 4) is 0 Å². The Hall–Kier alpha value is -3.15. The van der Waals surface area contributed by atoms with Gasteiger partial charge in [0.2, 0.25) is 5.91 Å². The quantitative estimate of drug-likeness (QED) is 0.787. The number of para-hydroxylation sites is 1. The second-order valence-electron chi connectivity index (χ2n) is 8.17. The molecule has 0 spiro atoms. The highest BCUT2D eigenvalue weighted by molar-refractivity contribution is 6.40. The summed E-state index contributed by atoms with van der Waals surface area (Å²) in [5.41, 5.74) is 4.60. The van der Waals surface area contributed by atoms with Crippen molar-refractivity contribution < 1.29 is 9.59 Å². The fourth-order valence-electron chi connectivity index (χ4n) is 4.21. The summed E-state index contributed by atoms with van der Waals surface area (Å²) in [7, 11) is 0. The smallest absolute Gasteiger partial charge is 0.270 e. The van der Waals surface area contributed by atoms with Crippen molar-refractivity contribution in [3.63, 3.8) is 0 Å². The summed E-state index contributed by atoms with van der Waals surface area (Å²) in [6, 6.07) is 16.3. The first-order chi connectivity index (χ1) is 14.4. The van der Waals surface area contributed by atoms with E-state index < -0.39 is 0 Å². The van der Waals surface area contributed by atoms with Crippen molar-refractivity contribution in [1.29, 1.82) is 0 Å².